The molecule has 0 aromatic rings. The minimum absolute atomic E-state index is 0.102. The van der Waals surface area contributed by atoms with Gasteiger partial charge in [-0.25, -0.2) is 0 Å². The molecule has 0 aromatic heterocycles. The predicted molar refractivity (Wildman–Crippen MR) is 68.5 cm³/mol. The van der Waals surface area contributed by atoms with E-state index in [9.17, 15) is 4.79 Å². The second-order valence-corrected chi connectivity index (χ2v) is 4.99. The first-order valence-electron chi connectivity index (χ1n) is 6.99. The normalized spacial score (nSPS) is 25.9. The van der Waals surface area contributed by atoms with E-state index in [0.29, 0.717) is 6.42 Å². The fourth-order valence-electron chi connectivity index (χ4n) is 2.51. The number of carbonyl (C=O) groups is 1. The summed E-state index contributed by atoms with van der Waals surface area (Å²) in [5, 5.41) is 0. The number of morpholine rings is 1. The van der Waals surface area contributed by atoms with Crippen molar-refractivity contribution in [1.82, 2.24) is 9.80 Å². The van der Waals surface area contributed by atoms with E-state index in [0.717, 1.165) is 59.0 Å². The van der Waals surface area contributed by atoms with Gasteiger partial charge in [0, 0.05) is 32.7 Å². The molecule has 2 fully saturated rings. The molecule has 5 nitrogen and oxygen atoms in total. The number of carbonyl (C=O) groups excluding carboxylic acids is 1. The van der Waals surface area contributed by atoms with E-state index < -0.39 is 0 Å². The molecule has 2 rings (SSSR count). The molecule has 18 heavy (non-hydrogen) atoms. The first-order chi connectivity index (χ1) is 8.79. The van der Waals surface area contributed by atoms with Gasteiger partial charge < -0.3 is 14.4 Å². The summed E-state index contributed by atoms with van der Waals surface area (Å²) >= 11 is 0. The van der Waals surface area contributed by atoms with E-state index in [1.807, 2.05) is 4.90 Å². The Bertz CT molecular complexity index is 267. The zero-order valence-corrected chi connectivity index (χ0v) is 11.3. The number of rotatable bonds is 6. The van der Waals surface area contributed by atoms with E-state index >= 15 is 0 Å². The Hall–Kier alpha value is -0.650. The second-order valence-electron chi connectivity index (χ2n) is 4.99. The maximum atomic E-state index is 11.7. The predicted octanol–water partition coefficient (Wildman–Crippen LogP) is 0.346. The van der Waals surface area contributed by atoms with Gasteiger partial charge in [-0.15, -0.1) is 0 Å². The van der Waals surface area contributed by atoms with Crippen LogP contribution in [0.1, 0.15) is 19.8 Å². The van der Waals surface area contributed by atoms with Crippen LogP contribution in [0, 0.1) is 0 Å². The topological polar surface area (TPSA) is 42.0 Å². The lowest BCUT2D eigenvalue weighted by Gasteiger charge is -2.26. The second kappa shape index (κ2) is 7.07. The van der Waals surface area contributed by atoms with Gasteiger partial charge in [0.05, 0.1) is 32.3 Å². The first-order valence-corrected chi connectivity index (χ1v) is 6.99. The molecule has 2 aliphatic rings. The van der Waals surface area contributed by atoms with Crippen LogP contribution in [0.5, 0.6) is 0 Å². The zero-order valence-electron chi connectivity index (χ0n) is 11.3. The lowest BCUT2D eigenvalue weighted by Crippen LogP contribution is -2.38. The molecule has 1 atom stereocenters. The van der Waals surface area contributed by atoms with E-state index in [4.69, 9.17) is 9.47 Å². The van der Waals surface area contributed by atoms with Crippen LogP contribution in [0.15, 0.2) is 0 Å². The molecule has 2 heterocycles. The molecular formula is C13H24N2O3. The van der Waals surface area contributed by atoms with Crippen molar-refractivity contribution in [2.45, 2.75) is 25.9 Å². The van der Waals surface area contributed by atoms with Crippen molar-refractivity contribution in [3.63, 3.8) is 0 Å². The minimum Gasteiger partial charge on any atom is -0.379 e. The average Bonchev–Trinajstić information content (AvgIpc) is 2.72. The van der Waals surface area contributed by atoms with Gasteiger partial charge in [0.25, 0.3) is 0 Å². The monoisotopic (exact) mass is 256 g/mol. The molecule has 1 amide bonds. The van der Waals surface area contributed by atoms with Crippen LogP contribution in [-0.2, 0) is 14.3 Å². The Morgan fingerprint density at radius 3 is 2.83 bits per heavy atom. The maximum absolute atomic E-state index is 11.7. The summed E-state index contributed by atoms with van der Waals surface area (Å²) in [7, 11) is 0. The molecule has 104 valence electrons. The van der Waals surface area contributed by atoms with Crippen LogP contribution >= 0.6 is 0 Å². The van der Waals surface area contributed by atoms with Crippen molar-refractivity contribution in [2.24, 2.45) is 0 Å². The summed E-state index contributed by atoms with van der Waals surface area (Å²) in [6.45, 7) is 9.04. The van der Waals surface area contributed by atoms with E-state index in [1.54, 1.807) is 0 Å². The van der Waals surface area contributed by atoms with Gasteiger partial charge in [0.1, 0.15) is 0 Å². The fraction of sp³-hybridized carbons (Fsp3) is 0.923. The third-order valence-electron chi connectivity index (χ3n) is 3.54. The number of hydrogen-bond acceptors (Lipinski definition) is 4. The van der Waals surface area contributed by atoms with Crippen molar-refractivity contribution in [3.05, 3.63) is 0 Å². The molecule has 2 aliphatic heterocycles. The van der Waals surface area contributed by atoms with Gasteiger partial charge in [0.2, 0.25) is 5.91 Å². The summed E-state index contributed by atoms with van der Waals surface area (Å²) in [6.07, 6.45) is 1.68. The highest BCUT2D eigenvalue weighted by Crippen LogP contribution is 2.14. The molecule has 0 N–H and O–H groups in total. The van der Waals surface area contributed by atoms with Crippen molar-refractivity contribution in [2.75, 3.05) is 52.5 Å². The van der Waals surface area contributed by atoms with Crippen LogP contribution in [-0.4, -0.2) is 74.4 Å². The van der Waals surface area contributed by atoms with Gasteiger partial charge in [-0.1, -0.05) is 6.92 Å². The molecule has 2 saturated heterocycles. The van der Waals surface area contributed by atoms with Gasteiger partial charge >= 0.3 is 0 Å². The van der Waals surface area contributed by atoms with Crippen LogP contribution < -0.4 is 0 Å². The summed E-state index contributed by atoms with van der Waals surface area (Å²) in [5.74, 6) is 0.244. The Morgan fingerprint density at radius 1 is 1.33 bits per heavy atom. The Kier molecular flexibility index (Phi) is 5.41. The number of likely N-dealkylation sites (tertiary alicyclic amines) is 1. The molecule has 1 unspecified atom stereocenters. The SMILES string of the molecule is CCCN1CC(OCCN2CCOCC2)CC1=O. The van der Waals surface area contributed by atoms with E-state index in [-0.39, 0.29) is 12.0 Å². The Labute approximate surface area is 109 Å². The number of amides is 1. The summed E-state index contributed by atoms with van der Waals surface area (Å²) in [4.78, 5) is 15.9. The minimum atomic E-state index is 0.102. The number of hydrogen-bond donors (Lipinski definition) is 0. The lowest BCUT2D eigenvalue weighted by atomic mass is 10.3. The Balaban J connectivity index is 1.61. The lowest BCUT2D eigenvalue weighted by molar-refractivity contribution is -0.127. The van der Waals surface area contributed by atoms with Crippen molar-refractivity contribution in [3.8, 4) is 0 Å². The molecule has 0 spiro atoms. The third-order valence-corrected chi connectivity index (χ3v) is 3.54. The van der Waals surface area contributed by atoms with Crippen molar-refractivity contribution >= 4 is 5.91 Å². The average molecular weight is 256 g/mol. The third kappa shape index (κ3) is 3.93. The van der Waals surface area contributed by atoms with Crippen LogP contribution in [0.2, 0.25) is 0 Å². The summed E-state index contributed by atoms with van der Waals surface area (Å²) in [6, 6.07) is 0. The van der Waals surface area contributed by atoms with Crippen LogP contribution in [0.3, 0.4) is 0 Å². The fourth-order valence-corrected chi connectivity index (χ4v) is 2.51. The summed E-state index contributed by atoms with van der Waals surface area (Å²) < 4.78 is 11.1. The highest BCUT2D eigenvalue weighted by molar-refractivity contribution is 5.79. The van der Waals surface area contributed by atoms with Crippen LogP contribution in [0.4, 0.5) is 0 Å². The van der Waals surface area contributed by atoms with Crippen LogP contribution in [0.25, 0.3) is 0 Å². The summed E-state index contributed by atoms with van der Waals surface area (Å²) in [5.41, 5.74) is 0. The van der Waals surface area contributed by atoms with E-state index in [1.165, 1.54) is 0 Å². The Morgan fingerprint density at radius 2 is 2.11 bits per heavy atom. The molecule has 5 heteroatoms. The molecule has 0 radical (unpaired) electrons. The van der Waals surface area contributed by atoms with Gasteiger partial charge in [0.15, 0.2) is 0 Å². The molecule has 0 aromatic carbocycles. The van der Waals surface area contributed by atoms with E-state index in [2.05, 4.69) is 11.8 Å². The highest BCUT2D eigenvalue weighted by Gasteiger charge is 2.29. The zero-order chi connectivity index (χ0) is 12.8. The smallest absolute Gasteiger partial charge is 0.225 e. The number of ether oxygens (including phenoxy) is 2. The van der Waals surface area contributed by atoms with Crippen molar-refractivity contribution < 1.29 is 14.3 Å². The maximum Gasteiger partial charge on any atom is 0.225 e. The quantitative estimate of drug-likeness (QED) is 0.687. The molecular weight excluding hydrogens is 232 g/mol. The molecule has 0 saturated carbocycles. The molecule has 0 aliphatic carbocycles. The van der Waals surface area contributed by atoms with Gasteiger partial charge in [-0.3, -0.25) is 9.69 Å². The van der Waals surface area contributed by atoms with Crippen molar-refractivity contribution in [1.29, 1.82) is 0 Å². The van der Waals surface area contributed by atoms with Gasteiger partial charge in [-0.05, 0) is 6.42 Å². The van der Waals surface area contributed by atoms with Gasteiger partial charge in [-0.2, -0.15) is 0 Å². The standard InChI is InChI=1S/C13H24N2O3/c1-2-3-15-11-12(10-13(15)16)18-9-6-14-4-7-17-8-5-14/h12H,2-11H2,1H3. The largest absolute Gasteiger partial charge is 0.379 e. The number of nitrogens with zero attached hydrogens (tertiary/aromatic N) is 2. The highest BCUT2D eigenvalue weighted by atomic mass is 16.5. The first kappa shape index (κ1) is 13.8. The molecule has 0 bridgehead atoms.